The van der Waals surface area contributed by atoms with Crippen molar-refractivity contribution in [2.24, 2.45) is 0 Å². The highest BCUT2D eigenvalue weighted by molar-refractivity contribution is 4.99. The van der Waals surface area contributed by atoms with Crippen LogP contribution in [0.1, 0.15) is 13.3 Å². The van der Waals surface area contributed by atoms with Crippen LogP contribution in [0.25, 0.3) is 0 Å². The Hall–Kier alpha value is -0.300. The van der Waals surface area contributed by atoms with E-state index in [-0.39, 0.29) is 0 Å². The van der Waals surface area contributed by atoms with Crippen molar-refractivity contribution >= 4 is 0 Å². The summed E-state index contributed by atoms with van der Waals surface area (Å²) in [6.45, 7) is 6.84. The summed E-state index contributed by atoms with van der Waals surface area (Å²) in [6.07, 6.45) is 1.66. The molecule has 1 unspecified atom stereocenters. The van der Waals surface area contributed by atoms with Crippen LogP contribution in [0.3, 0.4) is 0 Å². The molecule has 1 aliphatic rings. The van der Waals surface area contributed by atoms with Crippen LogP contribution in [0.5, 0.6) is 0 Å². The molecule has 1 aliphatic heterocycles. The number of rotatable bonds is 0. The number of hydrogen-bond acceptors (Lipinski definition) is 0. The SMILES string of the molecule is C=C1C[OH+]C(C)C1. The highest BCUT2D eigenvalue weighted by atomic mass is 16.5. The Kier molecular flexibility index (Phi) is 1.15. The summed E-state index contributed by atoms with van der Waals surface area (Å²) in [4.78, 5) is 0. The van der Waals surface area contributed by atoms with E-state index in [1.807, 2.05) is 0 Å². The van der Waals surface area contributed by atoms with Crippen LogP contribution in [0, 0.1) is 0 Å². The first-order valence-electron chi connectivity index (χ1n) is 2.62. The predicted molar refractivity (Wildman–Crippen MR) is 30.3 cm³/mol. The Bertz CT molecular complexity index is 86.2. The molecular formula is C6H11O+. The summed E-state index contributed by atoms with van der Waals surface area (Å²) in [5.74, 6) is 0. The number of ether oxygens (including phenoxy) is 1. The van der Waals surface area contributed by atoms with Gasteiger partial charge >= 0.3 is 0 Å². The van der Waals surface area contributed by atoms with E-state index in [2.05, 4.69) is 18.2 Å². The lowest BCUT2D eigenvalue weighted by Gasteiger charge is -1.90. The molecule has 0 saturated carbocycles. The van der Waals surface area contributed by atoms with Crippen LogP contribution in [-0.2, 0) is 0 Å². The Morgan fingerprint density at radius 2 is 2.57 bits per heavy atom. The third-order valence-corrected chi connectivity index (χ3v) is 1.21. The molecule has 1 N–H and O–H groups in total. The van der Waals surface area contributed by atoms with Crippen LogP contribution in [0.15, 0.2) is 12.2 Å². The lowest BCUT2D eigenvalue weighted by Crippen LogP contribution is -2.00. The Morgan fingerprint density at radius 3 is 2.71 bits per heavy atom. The maximum absolute atomic E-state index is 4.22. The largest absolute Gasteiger partial charge is 0.428 e. The molecule has 1 nitrogen and oxygen atoms in total. The molecule has 0 radical (unpaired) electrons. The standard InChI is InChI=1S/C6H10O/c1-5-3-6(2)7-4-5/h6H,1,3-4H2,2H3/p+1. The average molecular weight is 99.2 g/mol. The summed E-state index contributed by atoms with van der Waals surface area (Å²) >= 11 is 0. The van der Waals surface area contributed by atoms with Gasteiger partial charge in [0.1, 0.15) is 0 Å². The van der Waals surface area contributed by atoms with Crippen molar-refractivity contribution in [3.63, 3.8) is 0 Å². The minimum Gasteiger partial charge on any atom is -0.428 e. The quantitative estimate of drug-likeness (QED) is 0.315. The van der Waals surface area contributed by atoms with Crippen molar-refractivity contribution in [3.05, 3.63) is 12.2 Å². The number of aliphatic hydroxyl groups is 2. The van der Waals surface area contributed by atoms with Gasteiger partial charge in [-0.15, -0.1) is 0 Å². The molecule has 0 aromatic heterocycles. The van der Waals surface area contributed by atoms with Crippen molar-refractivity contribution in [2.75, 3.05) is 6.61 Å². The zero-order valence-corrected chi connectivity index (χ0v) is 4.65. The smallest absolute Gasteiger partial charge is 0.167 e. The predicted octanol–water partition coefficient (Wildman–Crippen LogP) is 0.863. The van der Waals surface area contributed by atoms with Gasteiger partial charge in [0, 0.05) is 18.9 Å². The van der Waals surface area contributed by atoms with E-state index >= 15 is 0 Å². The first-order chi connectivity index (χ1) is 3.29. The second-order valence-corrected chi connectivity index (χ2v) is 2.14. The summed E-state index contributed by atoms with van der Waals surface area (Å²) in [5, 5.41) is 0. The van der Waals surface area contributed by atoms with Gasteiger partial charge in [-0.25, -0.2) is 0 Å². The normalized spacial score (nSPS) is 31.6. The molecule has 1 heteroatoms. The molecule has 1 rings (SSSR count). The van der Waals surface area contributed by atoms with Gasteiger partial charge in [0.25, 0.3) is 0 Å². The van der Waals surface area contributed by atoms with Gasteiger partial charge < -0.3 is 4.74 Å². The summed E-state index contributed by atoms with van der Waals surface area (Å²) < 4.78 is 4.22. The molecule has 0 bridgehead atoms. The van der Waals surface area contributed by atoms with E-state index in [0.717, 1.165) is 13.0 Å². The van der Waals surface area contributed by atoms with Crippen LogP contribution >= 0.6 is 0 Å². The zero-order valence-electron chi connectivity index (χ0n) is 4.65. The maximum atomic E-state index is 4.22. The molecule has 0 spiro atoms. The van der Waals surface area contributed by atoms with Crippen molar-refractivity contribution in [1.29, 1.82) is 0 Å². The lowest BCUT2D eigenvalue weighted by atomic mass is 10.2. The molecule has 0 amide bonds. The molecule has 1 saturated heterocycles. The van der Waals surface area contributed by atoms with Gasteiger partial charge in [0.15, 0.2) is 12.7 Å². The molecular weight excluding hydrogens is 88.1 g/mol. The van der Waals surface area contributed by atoms with Gasteiger partial charge in [-0.05, 0) is 0 Å². The van der Waals surface area contributed by atoms with Crippen LogP contribution in [-0.4, -0.2) is 17.4 Å². The second-order valence-electron chi connectivity index (χ2n) is 2.14. The Morgan fingerprint density at radius 1 is 1.86 bits per heavy atom. The van der Waals surface area contributed by atoms with Gasteiger partial charge in [0.05, 0.1) is 0 Å². The van der Waals surface area contributed by atoms with E-state index < -0.39 is 0 Å². The highest BCUT2D eigenvalue weighted by Crippen LogP contribution is 2.12. The van der Waals surface area contributed by atoms with Gasteiger partial charge in [-0.3, -0.25) is 0 Å². The van der Waals surface area contributed by atoms with E-state index in [4.69, 9.17) is 0 Å². The second kappa shape index (κ2) is 1.66. The third-order valence-electron chi connectivity index (χ3n) is 1.21. The lowest BCUT2D eigenvalue weighted by molar-refractivity contribution is -0.0449. The molecule has 1 fully saturated rings. The minimum absolute atomic E-state index is 0.549. The molecule has 1 heterocycles. The van der Waals surface area contributed by atoms with Gasteiger partial charge in [-0.2, -0.15) is 0 Å². The molecule has 0 aromatic rings. The first kappa shape index (κ1) is 4.85. The molecule has 0 aliphatic carbocycles. The van der Waals surface area contributed by atoms with Crippen molar-refractivity contribution in [3.8, 4) is 0 Å². The van der Waals surface area contributed by atoms with E-state index in [0.29, 0.717) is 6.10 Å². The Labute approximate surface area is 44.0 Å². The summed E-state index contributed by atoms with van der Waals surface area (Å²) in [6, 6.07) is 0. The highest BCUT2D eigenvalue weighted by Gasteiger charge is 2.17. The molecule has 40 valence electrons. The third kappa shape index (κ3) is 1.03. The van der Waals surface area contributed by atoms with Gasteiger partial charge in [-0.1, -0.05) is 6.58 Å². The van der Waals surface area contributed by atoms with E-state index in [1.54, 1.807) is 0 Å². The maximum Gasteiger partial charge on any atom is 0.167 e. The fraction of sp³-hybridized carbons (Fsp3) is 0.667. The fourth-order valence-electron chi connectivity index (χ4n) is 0.832. The number of hydrogen-bond donors (Lipinski definition) is 0. The summed E-state index contributed by atoms with van der Waals surface area (Å²) in [7, 11) is 0. The molecule has 7 heavy (non-hydrogen) atoms. The van der Waals surface area contributed by atoms with Crippen LogP contribution in [0.2, 0.25) is 0 Å². The van der Waals surface area contributed by atoms with Crippen molar-refractivity contribution < 1.29 is 4.74 Å². The minimum atomic E-state index is 0.549. The van der Waals surface area contributed by atoms with Crippen molar-refractivity contribution in [1.82, 2.24) is 0 Å². The van der Waals surface area contributed by atoms with Crippen molar-refractivity contribution in [2.45, 2.75) is 19.4 Å². The van der Waals surface area contributed by atoms with E-state index in [9.17, 15) is 0 Å². The molecule has 1 atom stereocenters. The van der Waals surface area contributed by atoms with E-state index in [1.165, 1.54) is 5.57 Å². The summed E-state index contributed by atoms with van der Waals surface area (Å²) in [5.41, 5.74) is 1.28. The monoisotopic (exact) mass is 99.1 g/mol. The topological polar surface area (TPSA) is 12.8 Å². The molecule has 0 aromatic carbocycles. The van der Waals surface area contributed by atoms with Crippen LogP contribution < -0.4 is 0 Å². The fourth-order valence-corrected chi connectivity index (χ4v) is 0.832. The zero-order chi connectivity index (χ0) is 5.28. The first-order valence-corrected chi connectivity index (χ1v) is 2.62. The van der Waals surface area contributed by atoms with Gasteiger partial charge in [0.2, 0.25) is 0 Å². The van der Waals surface area contributed by atoms with Crippen LogP contribution in [0.4, 0.5) is 0 Å². The average Bonchev–Trinajstić information content (AvgIpc) is 1.87. The Balaban J connectivity index is 2.40.